The van der Waals surface area contributed by atoms with E-state index in [1.54, 1.807) is 0 Å². The van der Waals surface area contributed by atoms with E-state index < -0.39 is 0 Å². The Balaban J connectivity index is 1.64. The van der Waals surface area contributed by atoms with Crippen molar-refractivity contribution in [3.05, 3.63) is 77.6 Å². The lowest BCUT2D eigenvalue weighted by molar-refractivity contribution is 0.0938. The molecule has 8 heteroatoms. The van der Waals surface area contributed by atoms with Crippen LogP contribution in [0.4, 0.5) is 0 Å². The van der Waals surface area contributed by atoms with Crippen molar-refractivity contribution in [3.63, 3.8) is 0 Å². The highest BCUT2D eigenvalue weighted by molar-refractivity contribution is 5.96. The van der Waals surface area contributed by atoms with Gasteiger partial charge in [0, 0.05) is 48.7 Å². The van der Waals surface area contributed by atoms with Gasteiger partial charge in [-0.25, -0.2) is 0 Å². The molecule has 4 rings (SSSR count). The van der Waals surface area contributed by atoms with Gasteiger partial charge in [0.05, 0.1) is 17.4 Å². The predicted octanol–water partition coefficient (Wildman–Crippen LogP) is 5.19. The van der Waals surface area contributed by atoms with Gasteiger partial charge in [-0.3, -0.25) is 14.2 Å². The number of carbonyl (C=O) groups is 1. The Bertz CT molecular complexity index is 1330. The van der Waals surface area contributed by atoms with Crippen molar-refractivity contribution < 1.29 is 9.53 Å². The number of rotatable bonds is 11. The molecule has 0 bridgehead atoms. The molecule has 0 saturated heterocycles. The van der Waals surface area contributed by atoms with Gasteiger partial charge < -0.3 is 15.0 Å². The first kappa shape index (κ1) is 27.1. The second kappa shape index (κ2) is 12.1. The van der Waals surface area contributed by atoms with Crippen molar-refractivity contribution in [1.29, 1.82) is 0 Å². The van der Waals surface area contributed by atoms with Crippen LogP contribution in [0.1, 0.15) is 48.3 Å². The molecule has 0 spiro atoms. The van der Waals surface area contributed by atoms with Crippen molar-refractivity contribution in [1.82, 2.24) is 29.8 Å². The highest BCUT2D eigenvalue weighted by atomic mass is 16.5. The highest BCUT2D eigenvalue weighted by Crippen LogP contribution is 2.31. The van der Waals surface area contributed by atoms with E-state index in [1.165, 1.54) is 0 Å². The van der Waals surface area contributed by atoms with Crippen LogP contribution in [-0.4, -0.2) is 57.6 Å². The fraction of sp³-hybridized carbons (Fsp3) is 0.367. The van der Waals surface area contributed by atoms with Gasteiger partial charge in [0.2, 0.25) is 0 Å². The van der Waals surface area contributed by atoms with E-state index >= 15 is 0 Å². The average molecular weight is 515 g/mol. The summed E-state index contributed by atoms with van der Waals surface area (Å²) in [5, 5.41) is 12.1. The molecular weight excluding hydrogens is 476 g/mol. The molecular formula is C30H38N6O2. The zero-order chi connectivity index (χ0) is 27.2. The summed E-state index contributed by atoms with van der Waals surface area (Å²) < 4.78 is 9.83. The second-order valence-corrected chi connectivity index (χ2v) is 9.73. The van der Waals surface area contributed by atoms with Crippen molar-refractivity contribution in [3.8, 4) is 28.3 Å². The summed E-state index contributed by atoms with van der Waals surface area (Å²) in [4.78, 5) is 15.5. The van der Waals surface area contributed by atoms with Crippen molar-refractivity contribution in [2.24, 2.45) is 0 Å². The number of aromatic nitrogens is 4. The third-order valence-corrected chi connectivity index (χ3v) is 6.69. The van der Waals surface area contributed by atoms with E-state index in [-0.39, 0.29) is 11.9 Å². The number of hydrogen-bond acceptors (Lipinski definition) is 5. The van der Waals surface area contributed by atoms with E-state index in [2.05, 4.69) is 52.5 Å². The van der Waals surface area contributed by atoms with Gasteiger partial charge in [-0.1, -0.05) is 6.07 Å². The number of nitrogens with one attached hydrogen (secondary N) is 1. The van der Waals surface area contributed by atoms with Gasteiger partial charge in [-0.05, 0) is 95.4 Å². The molecule has 2 aromatic carbocycles. The molecule has 0 unspecified atom stereocenters. The van der Waals surface area contributed by atoms with Crippen LogP contribution < -0.4 is 10.1 Å². The molecule has 0 fully saturated rings. The number of carbonyl (C=O) groups excluding carboxylic acids is 1. The van der Waals surface area contributed by atoms with Gasteiger partial charge in [0.15, 0.2) is 0 Å². The number of benzene rings is 2. The van der Waals surface area contributed by atoms with Crippen LogP contribution >= 0.6 is 0 Å². The Hall–Kier alpha value is -3.91. The lowest BCUT2D eigenvalue weighted by Crippen LogP contribution is -2.27. The van der Waals surface area contributed by atoms with Crippen LogP contribution in [0.15, 0.2) is 60.9 Å². The minimum atomic E-state index is -0.227. The number of nitrogens with zero attached hydrogens (tertiary/aromatic N) is 5. The Kier molecular flexibility index (Phi) is 8.63. The van der Waals surface area contributed by atoms with Crippen molar-refractivity contribution in [2.75, 3.05) is 27.2 Å². The largest absolute Gasteiger partial charge is 0.492 e. The molecule has 0 aliphatic carbocycles. The van der Waals surface area contributed by atoms with E-state index in [0.29, 0.717) is 17.9 Å². The summed E-state index contributed by atoms with van der Waals surface area (Å²) >= 11 is 0. The summed E-state index contributed by atoms with van der Waals surface area (Å²) in [5.74, 6) is 0.567. The third-order valence-electron chi connectivity index (χ3n) is 6.69. The molecule has 1 amide bonds. The fourth-order valence-corrected chi connectivity index (χ4v) is 4.50. The molecule has 2 aromatic heterocycles. The smallest absolute Gasteiger partial charge is 0.252 e. The summed E-state index contributed by atoms with van der Waals surface area (Å²) in [5.41, 5.74) is 6.70. The quantitative estimate of drug-likeness (QED) is 0.298. The average Bonchev–Trinajstić information content (AvgIpc) is 3.58. The lowest BCUT2D eigenvalue weighted by Gasteiger charge is -2.19. The summed E-state index contributed by atoms with van der Waals surface area (Å²) in [7, 11) is 4.01. The molecule has 1 atom stereocenters. The fourth-order valence-electron chi connectivity index (χ4n) is 4.50. The van der Waals surface area contributed by atoms with Gasteiger partial charge in [0.1, 0.15) is 12.4 Å². The zero-order valence-electron chi connectivity index (χ0n) is 23.2. The van der Waals surface area contributed by atoms with Crippen LogP contribution in [-0.2, 0) is 13.1 Å². The molecule has 8 nitrogen and oxygen atoms in total. The normalized spacial score (nSPS) is 12.1. The standard InChI is InChI=1S/C30H38N6O2/c1-7-35-28(11-13-31-35)24-17-23(18-25(19-24)29-12-14-32-36(29)8-2)22(4)33-30(37)27-20-26(10-9-21(27)3)38-16-15-34(5)6/h9-14,17-20,22H,7-8,15-16H2,1-6H3,(H,33,37)/t22-/m1/s1. The molecule has 2 heterocycles. The zero-order valence-corrected chi connectivity index (χ0v) is 23.2. The number of amides is 1. The maximum Gasteiger partial charge on any atom is 0.252 e. The topological polar surface area (TPSA) is 77.2 Å². The van der Waals surface area contributed by atoms with E-state index in [0.717, 1.165) is 53.3 Å². The van der Waals surface area contributed by atoms with E-state index in [4.69, 9.17) is 4.74 Å². The predicted molar refractivity (Wildman–Crippen MR) is 151 cm³/mol. The first-order valence-electron chi connectivity index (χ1n) is 13.2. The Labute approximate surface area is 225 Å². The molecule has 0 aliphatic heterocycles. The molecule has 0 radical (unpaired) electrons. The number of likely N-dealkylation sites (N-methyl/N-ethyl adjacent to an activating group) is 1. The number of hydrogen-bond donors (Lipinski definition) is 1. The Morgan fingerprint density at radius 1 is 0.947 bits per heavy atom. The number of aryl methyl sites for hydroxylation is 3. The van der Waals surface area contributed by atoms with Gasteiger partial charge >= 0.3 is 0 Å². The molecule has 38 heavy (non-hydrogen) atoms. The van der Waals surface area contributed by atoms with Crippen LogP contribution in [0.5, 0.6) is 5.75 Å². The van der Waals surface area contributed by atoms with Crippen LogP contribution in [0.3, 0.4) is 0 Å². The lowest BCUT2D eigenvalue weighted by atomic mass is 9.97. The monoisotopic (exact) mass is 514 g/mol. The molecule has 200 valence electrons. The molecule has 1 N–H and O–H groups in total. The van der Waals surface area contributed by atoms with Crippen LogP contribution in [0.2, 0.25) is 0 Å². The van der Waals surface area contributed by atoms with E-state index in [1.807, 2.05) is 80.0 Å². The van der Waals surface area contributed by atoms with Gasteiger partial charge in [-0.2, -0.15) is 10.2 Å². The summed E-state index contributed by atoms with van der Waals surface area (Å²) in [6.07, 6.45) is 3.64. The van der Waals surface area contributed by atoms with Crippen LogP contribution in [0, 0.1) is 6.92 Å². The number of ether oxygens (including phenoxy) is 1. The first-order chi connectivity index (χ1) is 18.3. The van der Waals surface area contributed by atoms with Crippen LogP contribution in [0.25, 0.3) is 22.5 Å². The SMILES string of the molecule is CCn1nccc1-c1cc(-c2ccnn2CC)cc([C@@H](C)NC(=O)c2cc(OCCN(C)C)ccc2C)c1. The second-order valence-electron chi connectivity index (χ2n) is 9.73. The molecule has 4 aromatic rings. The highest BCUT2D eigenvalue weighted by Gasteiger charge is 2.18. The first-order valence-corrected chi connectivity index (χ1v) is 13.2. The Morgan fingerprint density at radius 2 is 1.55 bits per heavy atom. The summed E-state index contributed by atoms with van der Waals surface area (Å²) in [6, 6.07) is 15.9. The van der Waals surface area contributed by atoms with Gasteiger partial charge in [0.25, 0.3) is 5.91 Å². The maximum atomic E-state index is 13.4. The third kappa shape index (κ3) is 6.14. The van der Waals surface area contributed by atoms with Crippen molar-refractivity contribution in [2.45, 2.75) is 46.8 Å². The van der Waals surface area contributed by atoms with E-state index in [9.17, 15) is 4.79 Å². The molecule has 0 aliphatic rings. The molecule has 0 saturated carbocycles. The minimum absolute atomic E-state index is 0.128. The summed E-state index contributed by atoms with van der Waals surface area (Å²) in [6.45, 7) is 11.0. The van der Waals surface area contributed by atoms with Crippen molar-refractivity contribution >= 4 is 5.91 Å². The van der Waals surface area contributed by atoms with Gasteiger partial charge in [-0.15, -0.1) is 0 Å². The maximum absolute atomic E-state index is 13.4. The minimum Gasteiger partial charge on any atom is -0.492 e. The Morgan fingerprint density at radius 3 is 2.11 bits per heavy atom.